The number of hydrogen-bond donors (Lipinski definition) is 2. The largest absolute Gasteiger partial charge is 0.469 e. The number of unbranched alkanes of at least 4 members (excludes halogenated alkanes) is 2. The first-order valence-corrected chi connectivity index (χ1v) is 14.9. The van der Waals surface area contributed by atoms with Gasteiger partial charge in [-0.05, 0) is 56.7 Å². The first-order chi connectivity index (χ1) is 20.2. The lowest BCUT2D eigenvalue weighted by Gasteiger charge is -2.28. The normalized spacial score (nSPS) is 14.9. The highest BCUT2D eigenvalue weighted by atomic mass is 16.5. The molecule has 0 bridgehead atoms. The van der Waals surface area contributed by atoms with E-state index in [2.05, 4.69) is 22.2 Å². The van der Waals surface area contributed by atoms with Crippen molar-refractivity contribution in [1.82, 2.24) is 19.8 Å². The van der Waals surface area contributed by atoms with Gasteiger partial charge in [0.1, 0.15) is 11.9 Å². The minimum absolute atomic E-state index is 0.0626. The average molecular weight is 583 g/mol. The van der Waals surface area contributed by atoms with E-state index in [0.29, 0.717) is 38.9 Å². The van der Waals surface area contributed by atoms with E-state index < -0.39 is 6.04 Å². The summed E-state index contributed by atoms with van der Waals surface area (Å²) in [7, 11) is 2.75. The molecule has 0 aliphatic carbocycles. The number of nitrogens with zero attached hydrogens (tertiary/aromatic N) is 4. The number of esters is 2. The number of nitrogen functional groups attached to an aromatic ring is 1. The van der Waals surface area contributed by atoms with E-state index in [-0.39, 0.29) is 36.8 Å². The summed E-state index contributed by atoms with van der Waals surface area (Å²) in [5.74, 6) is 0.307. The number of benzene rings is 1. The van der Waals surface area contributed by atoms with E-state index in [1.807, 2.05) is 41.0 Å². The monoisotopic (exact) mass is 582 g/mol. The van der Waals surface area contributed by atoms with Gasteiger partial charge in [-0.25, -0.2) is 4.98 Å². The first-order valence-electron chi connectivity index (χ1n) is 14.9. The number of rotatable bonds is 16. The van der Waals surface area contributed by atoms with Crippen molar-refractivity contribution in [1.29, 1.82) is 0 Å². The lowest BCUT2D eigenvalue weighted by molar-refractivity contribution is -0.147. The molecule has 3 rings (SSSR count). The van der Waals surface area contributed by atoms with Crippen molar-refractivity contribution in [2.75, 3.05) is 51.4 Å². The maximum Gasteiger partial charge on any atom is 0.323 e. The average Bonchev–Trinajstić information content (AvgIpc) is 3.43. The van der Waals surface area contributed by atoms with Gasteiger partial charge in [0.2, 0.25) is 11.9 Å². The zero-order valence-electron chi connectivity index (χ0n) is 25.5. The summed E-state index contributed by atoms with van der Waals surface area (Å²) in [6, 6.07) is 7.23. The second kappa shape index (κ2) is 16.6. The summed E-state index contributed by atoms with van der Waals surface area (Å²) in [5, 5.41) is 3.43. The number of anilines is 2. The quantitative estimate of drug-likeness (QED) is 0.224. The summed E-state index contributed by atoms with van der Waals surface area (Å²) < 4.78 is 9.79. The summed E-state index contributed by atoms with van der Waals surface area (Å²) >= 11 is 0. The van der Waals surface area contributed by atoms with Gasteiger partial charge >= 0.3 is 11.9 Å². The predicted octanol–water partition coefficient (Wildman–Crippen LogP) is 3.28. The maximum absolute atomic E-state index is 13.7. The minimum Gasteiger partial charge on any atom is -0.469 e. The minimum atomic E-state index is -0.403. The number of aromatic nitrogens is 2. The molecule has 1 saturated heterocycles. The first kappa shape index (κ1) is 32.8. The molecule has 42 heavy (non-hydrogen) atoms. The Kier molecular flexibility index (Phi) is 13.0. The van der Waals surface area contributed by atoms with E-state index in [9.17, 15) is 14.4 Å². The molecular formula is C31H46N6O5. The van der Waals surface area contributed by atoms with Crippen molar-refractivity contribution in [3.8, 4) is 0 Å². The highest BCUT2D eigenvalue weighted by Gasteiger charge is 2.33. The molecule has 3 N–H and O–H groups in total. The third-order valence-corrected chi connectivity index (χ3v) is 7.63. The highest BCUT2D eigenvalue weighted by molar-refractivity contribution is 5.81. The van der Waals surface area contributed by atoms with Crippen LogP contribution in [0.3, 0.4) is 0 Å². The number of amides is 1. The Balaban J connectivity index is 1.75. The molecule has 11 heteroatoms. The Morgan fingerprint density at radius 2 is 1.90 bits per heavy atom. The van der Waals surface area contributed by atoms with Crippen LogP contribution < -0.4 is 11.1 Å². The topological polar surface area (TPSA) is 140 Å². The third kappa shape index (κ3) is 9.68. The molecule has 230 valence electrons. The smallest absolute Gasteiger partial charge is 0.323 e. The van der Waals surface area contributed by atoms with Crippen molar-refractivity contribution in [3.63, 3.8) is 0 Å². The molecule has 1 aromatic carbocycles. The molecule has 1 atom stereocenters. The van der Waals surface area contributed by atoms with Gasteiger partial charge in [-0.15, -0.1) is 0 Å². The number of hydrogen-bond acceptors (Lipinski definition) is 10. The fourth-order valence-electron chi connectivity index (χ4n) is 5.37. The molecule has 1 fully saturated rings. The summed E-state index contributed by atoms with van der Waals surface area (Å²) in [6.45, 7) is 6.58. The van der Waals surface area contributed by atoms with Crippen LogP contribution in [0, 0.1) is 6.92 Å². The van der Waals surface area contributed by atoms with Crippen molar-refractivity contribution in [2.24, 2.45) is 0 Å². The maximum atomic E-state index is 13.7. The molecule has 2 aromatic rings. The molecule has 1 amide bonds. The summed E-state index contributed by atoms with van der Waals surface area (Å²) in [4.78, 5) is 50.4. The van der Waals surface area contributed by atoms with E-state index in [4.69, 9.17) is 15.2 Å². The Hall–Kier alpha value is -3.73. The van der Waals surface area contributed by atoms with Crippen LogP contribution in [0.4, 0.5) is 11.8 Å². The Morgan fingerprint density at radius 1 is 1.12 bits per heavy atom. The van der Waals surface area contributed by atoms with Gasteiger partial charge in [-0.2, -0.15) is 4.98 Å². The van der Waals surface area contributed by atoms with Gasteiger partial charge in [-0.1, -0.05) is 44.0 Å². The van der Waals surface area contributed by atoms with Crippen LogP contribution in [-0.2, 0) is 43.2 Å². The van der Waals surface area contributed by atoms with Crippen LogP contribution in [0.5, 0.6) is 0 Å². The number of ether oxygens (including phenoxy) is 2. The zero-order chi connectivity index (χ0) is 30.5. The lowest BCUT2D eigenvalue weighted by Crippen LogP contribution is -2.45. The summed E-state index contributed by atoms with van der Waals surface area (Å²) in [6.07, 6.45) is 6.35. The number of carbonyl (C=O) groups excluding carboxylic acids is 3. The van der Waals surface area contributed by atoms with Gasteiger partial charge < -0.3 is 25.4 Å². The molecule has 1 unspecified atom stereocenters. The fourth-order valence-corrected chi connectivity index (χ4v) is 5.37. The lowest BCUT2D eigenvalue weighted by atomic mass is 10.1. The van der Waals surface area contributed by atoms with Crippen LogP contribution in [0.25, 0.3) is 0 Å². The predicted molar refractivity (Wildman–Crippen MR) is 162 cm³/mol. The number of aryl methyl sites for hydroxylation is 1. The number of nitrogens with two attached hydrogens (primary N) is 1. The van der Waals surface area contributed by atoms with E-state index in [0.717, 1.165) is 60.4 Å². The zero-order valence-corrected chi connectivity index (χ0v) is 25.5. The Labute approximate surface area is 249 Å². The van der Waals surface area contributed by atoms with Crippen molar-refractivity contribution in [2.45, 2.75) is 77.8 Å². The van der Waals surface area contributed by atoms with Crippen molar-refractivity contribution < 1.29 is 23.9 Å². The van der Waals surface area contributed by atoms with Crippen LogP contribution in [-0.4, -0.2) is 84.1 Å². The van der Waals surface area contributed by atoms with Crippen molar-refractivity contribution in [3.05, 3.63) is 46.6 Å². The fraction of sp³-hybridized carbons (Fsp3) is 0.581. The van der Waals surface area contributed by atoms with Gasteiger partial charge in [0.25, 0.3) is 0 Å². The number of likely N-dealkylation sites (tertiary alicyclic amines) is 1. The molecule has 11 nitrogen and oxygen atoms in total. The molecule has 1 aromatic heterocycles. The second-order valence-electron chi connectivity index (χ2n) is 10.8. The molecule has 0 spiro atoms. The third-order valence-electron chi connectivity index (χ3n) is 7.63. The standard InChI is InChI=1S/C31H46N6O5/c1-5-6-7-15-33-29-25(22(2)34-31(32)35-29)13-9-17-37(20-24-12-8-11-23(18-24)19-28(39)41-3)27(38)21-36-16-10-14-26(36)30(40)42-4/h8,11-12,18,26H,5-7,9-10,13-17,19-21H2,1-4H3,(H3,32,33,34,35). The van der Waals surface area contributed by atoms with Gasteiger partial charge in [0.05, 0.1) is 27.2 Å². The number of methoxy groups -OCH3 is 2. The second-order valence-corrected chi connectivity index (χ2v) is 10.8. The Bertz CT molecular complexity index is 1210. The van der Waals surface area contributed by atoms with E-state index in [1.165, 1.54) is 14.2 Å². The molecular weight excluding hydrogens is 536 g/mol. The van der Waals surface area contributed by atoms with Crippen LogP contribution in [0.2, 0.25) is 0 Å². The Morgan fingerprint density at radius 3 is 2.64 bits per heavy atom. The van der Waals surface area contributed by atoms with E-state index >= 15 is 0 Å². The molecule has 2 heterocycles. The number of nitrogens with one attached hydrogen (secondary N) is 1. The van der Waals surface area contributed by atoms with Crippen LogP contribution in [0.1, 0.15) is 67.8 Å². The van der Waals surface area contributed by atoms with Crippen molar-refractivity contribution >= 4 is 29.6 Å². The van der Waals surface area contributed by atoms with Gasteiger partial charge in [-0.3, -0.25) is 19.3 Å². The molecule has 0 saturated carbocycles. The molecule has 1 aliphatic heterocycles. The van der Waals surface area contributed by atoms with Crippen LogP contribution >= 0.6 is 0 Å². The summed E-state index contributed by atoms with van der Waals surface area (Å²) in [5.41, 5.74) is 9.52. The number of carbonyl (C=O) groups is 3. The molecule has 0 radical (unpaired) electrons. The van der Waals surface area contributed by atoms with E-state index in [1.54, 1.807) is 0 Å². The van der Waals surface area contributed by atoms with Gasteiger partial charge in [0, 0.05) is 30.9 Å². The van der Waals surface area contributed by atoms with Gasteiger partial charge in [0.15, 0.2) is 0 Å². The SMILES string of the molecule is CCCCCNc1nc(N)nc(C)c1CCCN(Cc1cccc(CC(=O)OC)c1)C(=O)CN1CCCC1C(=O)OC. The molecule has 1 aliphatic rings. The highest BCUT2D eigenvalue weighted by Crippen LogP contribution is 2.22. The van der Waals surface area contributed by atoms with Crippen LogP contribution in [0.15, 0.2) is 24.3 Å².